The number of aromatic nitrogens is 2. The summed E-state index contributed by atoms with van der Waals surface area (Å²) in [4.78, 5) is 0. The van der Waals surface area contributed by atoms with Gasteiger partial charge in [-0.25, -0.2) is 0 Å². The standard InChI is InChI=1S/C12H20N2O3/c1-4-14-10(9(16-2)7-13-14)11(15)12(17-3)8-5-6-8/h7-8,11-12,15H,4-6H2,1-3H3. The van der Waals surface area contributed by atoms with Gasteiger partial charge in [0.15, 0.2) is 5.75 Å². The molecule has 96 valence electrons. The number of ether oxygens (including phenoxy) is 2. The summed E-state index contributed by atoms with van der Waals surface area (Å²) >= 11 is 0. The first-order valence-electron chi connectivity index (χ1n) is 6.03. The third-order valence-electron chi connectivity index (χ3n) is 3.31. The molecule has 1 saturated carbocycles. The summed E-state index contributed by atoms with van der Waals surface area (Å²) in [5.41, 5.74) is 0.716. The van der Waals surface area contributed by atoms with E-state index in [9.17, 15) is 5.11 Å². The van der Waals surface area contributed by atoms with Gasteiger partial charge < -0.3 is 14.6 Å². The zero-order chi connectivity index (χ0) is 12.4. The van der Waals surface area contributed by atoms with Crippen LogP contribution in [0.2, 0.25) is 0 Å². The Morgan fingerprint density at radius 1 is 1.53 bits per heavy atom. The van der Waals surface area contributed by atoms with Gasteiger partial charge in [-0.1, -0.05) is 0 Å². The van der Waals surface area contributed by atoms with Crippen LogP contribution in [0.3, 0.4) is 0 Å². The fourth-order valence-electron chi connectivity index (χ4n) is 2.24. The highest BCUT2D eigenvalue weighted by atomic mass is 16.5. The summed E-state index contributed by atoms with van der Waals surface area (Å²) < 4.78 is 12.4. The molecule has 0 aliphatic heterocycles. The number of nitrogens with zero attached hydrogens (tertiary/aromatic N) is 2. The van der Waals surface area contributed by atoms with Crippen molar-refractivity contribution in [2.75, 3.05) is 14.2 Å². The first-order valence-corrected chi connectivity index (χ1v) is 6.03. The van der Waals surface area contributed by atoms with Gasteiger partial charge in [0, 0.05) is 13.7 Å². The minimum Gasteiger partial charge on any atom is -0.493 e. The highest BCUT2D eigenvalue weighted by Crippen LogP contribution is 2.41. The van der Waals surface area contributed by atoms with Crippen LogP contribution in [0, 0.1) is 5.92 Å². The molecule has 17 heavy (non-hydrogen) atoms. The molecule has 2 unspecified atom stereocenters. The molecule has 0 aromatic carbocycles. The molecule has 1 aromatic rings. The van der Waals surface area contributed by atoms with Gasteiger partial charge in [0.2, 0.25) is 0 Å². The number of aliphatic hydroxyl groups excluding tert-OH is 1. The first-order chi connectivity index (χ1) is 8.22. The molecule has 0 amide bonds. The molecule has 1 N–H and O–H groups in total. The van der Waals surface area contributed by atoms with E-state index in [4.69, 9.17) is 9.47 Å². The van der Waals surface area contributed by atoms with Crippen LogP contribution in [-0.4, -0.2) is 35.2 Å². The maximum Gasteiger partial charge on any atom is 0.162 e. The summed E-state index contributed by atoms with van der Waals surface area (Å²) in [5, 5.41) is 14.6. The van der Waals surface area contributed by atoms with Gasteiger partial charge in [0.25, 0.3) is 0 Å². The van der Waals surface area contributed by atoms with E-state index in [-0.39, 0.29) is 6.10 Å². The Hall–Kier alpha value is -1.07. The van der Waals surface area contributed by atoms with Crippen molar-refractivity contribution in [2.24, 2.45) is 5.92 Å². The third-order valence-corrected chi connectivity index (χ3v) is 3.31. The lowest BCUT2D eigenvalue weighted by atomic mass is 10.1. The Bertz CT molecular complexity index is 352. The van der Waals surface area contributed by atoms with E-state index < -0.39 is 6.10 Å². The SMILES string of the molecule is CCn1ncc(OC)c1C(O)C(OC)C1CC1. The van der Waals surface area contributed by atoms with E-state index in [2.05, 4.69) is 5.10 Å². The van der Waals surface area contributed by atoms with Crippen molar-refractivity contribution >= 4 is 0 Å². The predicted molar refractivity (Wildman–Crippen MR) is 62.9 cm³/mol. The second kappa shape index (κ2) is 5.06. The maximum atomic E-state index is 10.4. The van der Waals surface area contributed by atoms with Gasteiger partial charge in [0.05, 0.1) is 19.4 Å². The average molecular weight is 240 g/mol. The Morgan fingerprint density at radius 3 is 2.71 bits per heavy atom. The van der Waals surface area contributed by atoms with E-state index in [0.717, 1.165) is 12.8 Å². The molecule has 2 rings (SSSR count). The number of hydrogen-bond acceptors (Lipinski definition) is 4. The van der Waals surface area contributed by atoms with Crippen molar-refractivity contribution in [2.45, 2.75) is 38.5 Å². The number of aryl methyl sites for hydroxylation is 1. The van der Waals surface area contributed by atoms with Crippen LogP contribution < -0.4 is 4.74 Å². The van der Waals surface area contributed by atoms with Gasteiger partial charge in [-0.05, 0) is 25.7 Å². The summed E-state index contributed by atoms with van der Waals surface area (Å²) in [6, 6.07) is 0. The number of hydrogen-bond donors (Lipinski definition) is 1. The van der Waals surface area contributed by atoms with Crippen LogP contribution in [0.1, 0.15) is 31.6 Å². The number of methoxy groups -OCH3 is 2. The fraction of sp³-hybridized carbons (Fsp3) is 0.750. The van der Waals surface area contributed by atoms with Gasteiger partial charge in [-0.3, -0.25) is 4.68 Å². The normalized spacial score (nSPS) is 19.1. The lowest BCUT2D eigenvalue weighted by Crippen LogP contribution is -2.25. The highest BCUT2D eigenvalue weighted by molar-refractivity contribution is 5.28. The Kier molecular flexibility index (Phi) is 3.69. The van der Waals surface area contributed by atoms with Gasteiger partial charge >= 0.3 is 0 Å². The van der Waals surface area contributed by atoms with E-state index in [1.807, 2.05) is 6.92 Å². The minimum atomic E-state index is -0.676. The summed E-state index contributed by atoms with van der Waals surface area (Å²) in [7, 11) is 3.23. The molecule has 2 atom stereocenters. The number of aliphatic hydroxyl groups is 1. The van der Waals surface area contributed by atoms with Crippen LogP contribution >= 0.6 is 0 Å². The maximum absolute atomic E-state index is 10.4. The average Bonchev–Trinajstić information content (AvgIpc) is 3.08. The molecule has 1 aliphatic rings. The molecular weight excluding hydrogens is 220 g/mol. The number of rotatable bonds is 6. The summed E-state index contributed by atoms with van der Waals surface area (Å²) in [6.07, 6.45) is 3.05. The molecule has 5 heteroatoms. The minimum absolute atomic E-state index is 0.161. The van der Waals surface area contributed by atoms with Crippen LogP contribution in [-0.2, 0) is 11.3 Å². The second-order valence-electron chi connectivity index (χ2n) is 4.40. The van der Waals surface area contributed by atoms with Crippen LogP contribution in [0.25, 0.3) is 0 Å². The molecule has 0 radical (unpaired) electrons. The van der Waals surface area contributed by atoms with Gasteiger partial charge in [0.1, 0.15) is 11.8 Å². The molecule has 0 spiro atoms. The molecular formula is C12H20N2O3. The van der Waals surface area contributed by atoms with Crippen LogP contribution in [0.5, 0.6) is 5.75 Å². The van der Waals surface area contributed by atoms with E-state index in [0.29, 0.717) is 23.9 Å². The van der Waals surface area contributed by atoms with E-state index >= 15 is 0 Å². The quantitative estimate of drug-likeness (QED) is 0.816. The lowest BCUT2D eigenvalue weighted by molar-refractivity contribution is -0.0307. The largest absolute Gasteiger partial charge is 0.493 e. The molecule has 1 aliphatic carbocycles. The van der Waals surface area contributed by atoms with Crippen molar-refractivity contribution in [1.29, 1.82) is 0 Å². The smallest absolute Gasteiger partial charge is 0.162 e. The summed E-state index contributed by atoms with van der Waals surface area (Å²) in [6.45, 7) is 2.69. The van der Waals surface area contributed by atoms with Crippen molar-refractivity contribution in [3.8, 4) is 5.75 Å². The Labute approximate surface area is 101 Å². The molecule has 0 bridgehead atoms. The first kappa shape index (κ1) is 12.4. The molecule has 1 fully saturated rings. The van der Waals surface area contributed by atoms with Crippen LogP contribution in [0.4, 0.5) is 0 Å². The van der Waals surface area contributed by atoms with Crippen molar-refractivity contribution < 1.29 is 14.6 Å². The third kappa shape index (κ3) is 2.30. The fourth-order valence-corrected chi connectivity index (χ4v) is 2.24. The Balaban J connectivity index is 2.26. The van der Waals surface area contributed by atoms with E-state index in [1.54, 1.807) is 25.1 Å². The van der Waals surface area contributed by atoms with Crippen molar-refractivity contribution in [3.05, 3.63) is 11.9 Å². The highest BCUT2D eigenvalue weighted by Gasteiger charge is 2.39. The monoisotopic (exact) mass is 240 g/mol. The molecule has 1 heterocycles. The molecule has 5 nitrogen and oxygen atoms in total. The summed E-state index contributed by atoms with van der Waals surface area (Å²) in [5.74, 6) is 1.09. The van der Waals surface area contributed by atoms with Gasteiger partial charge in [-0.2, -0.15) is 5.10 Å². The topological polar surface area (TPSA) is 56.5 Å². The lowest BCUT2D eigenvalue weighted by Gasteiger charge is -2.22. The zero-order valence-electron chi connectivity index (χ0n) is 10.6. The zero-order valence-corrected chi connectivity index (χ0v) is 10.6. The second-order valence-corrected chi connectivity index (χ2v) is 4.40. The Morgan fingerprint density at radius 2 is 2.24 bits per heavy atom. The van der Waals surface area contributed by atoms with Crippen molar-refractivity contribution in [3.63, 3.8) is 0 Å². The molecule has 0 saturated heterocycles. The van der Waals surface area contributed by atoms with Crippen LogP contribution in [0.15, 0.2) is 6.20 Å². The molecule has 1 aromatic heterocycles. The van der Waals surface area contributed by atoms with Gasteiger partial charge in [-0.15, -0.1) is 0 Å². The van der Waals surface area contributed by atoms with Crippen molar-refractivity contribution in [1.82, 2.24) is 9.78 Å². The predicted octanol–water partition coefficient (Wildman–Crippen LogP) is 1.37. The van der Waals surface area contributed by atoms with E-state index in [1.165, 1.54) is 0 Å².